The first-order valence-corrected chi connectivity index (χ1v) is 6.96. The van der Waals surface area contributed by atoms with Crippen molar-refractivity contribution in [1.82, 2.24) is 0 Å². The predicted octanol–water partition coefficient (Wildman–Crippen LogP) is 4.87. The molecule has 1 aromatic heterocycles. The Balaban J connectivity index is 2.49. The highest BCUT2D eigenvalue weighted by Gasteiger charge is 2.19. The van der Waals surface area contributed by atoms with Gasteiger partial charge >= 0.3 is 0 Å². The van der Waals surface area contributed by atoms with E-state index in [-0.39, 0.29) is 6.04 Å². The lowest BCUT2D eigenvalue weighted by Crippen LogP contribution is -2.12. The van der Waals surface area contributed by atoms with Crippen molar-refractivity contribution in [3.8, 4) is 0 Å². The third-order valence-corrected chi connectivity index (χ3v) is 4.85. The molecule has 0 saturated carbocycles. The largest absolute Gasteiger partial charge is 0.319 e. The van der Waals surface area contributed by atoms with Crippen LogP contribution in [-0.2, 0) is 0 Å². The van der Waals surface area contributed by atoms with Crippen molar-refractivity contribution in [2.75, 3.05) is 0 Å². The van der Waals surface area contributed by atoms with Gasteiger partial charge in [-0.05, 0) is 39.5 Å². The molecular formula is C11H8BrCl2NS. The predicted molar refractivity (Wildman–Crippen MR) is 74.5 cm³/mol. The molecule has 0 aliphatic carbocycles. The van der Waals surface area contributed by atoms with Gasteiger partial charge in [0.2, 0.25) is 0 Å². The van der Waals surface area contributed by atoms with Gasteiger partial charge in [0.05, 0.1) is 6.04 Å². The lowest BCUT2D eigenvalue weighted by atomic mass is 10.1. The fraction of sp³-hybridized carbons (Fsp3) is 0.0909. The van der Waals surface area contributed by atoms with Gasteiger partial charge in [0.1, 0.15) is 0 Å². The first-order valence-electron chi connectivity index (χ1n) is 4.53. The van der Waals surface area contributed by atoms with Crippen molar-refractivity contribution in [2.45, 2.75) is 6.04 Å². The maximum Gasteiger partial charge on any atom is 0.0686 e. The van der Waals surface area contributed by atoms with E-state index in [9.17, 15) is 0 Å². The number of hydrogen-bond acceptors (Lipinski definition) is 2. The molecule has 5 heteroatoms. The van der Waals surface area contributed by atoms with Crippen LogP contribution in [0.1, 0.15) is 16.5 Å². The van der Waals surface area contributed by atoms with Crippen LogP contribution in [0.4, 0.5) is 0 Å². The molecule has 1 heterocycles. The van der Waals surface area contributed by atoms with Crippen LogP contribution in [0.2, 0.25) is 10.0 Å². The second kappa shape index (κ2) is 5.07. The molecule has 2 aromatic rings. The average molecular weight is 337 g/mol. The third-order valence-electron chi connectivity index (χ3n) is 2.24. The molecule has 0 aliphatic rings. The van der Waals surface area contributed by atoms with Crippen LogP contribution < -0.4 is 5.73 Å². The van der Waals surface area contributed by atoms with Crippen LogP contribution >= 0.6 is 50.5 Å². The van der Waals surface area contributed by atoms with Gasteiger partial charge in [-0.1, -0.05) is 29.3 Å². The normalized spacial score (nSPS) is 12.8. The molecule has 2 rings (SSSR count). The van der Waals surface area contributed by atoms with Crippen molar-refractivity contribution < 1.29 is 0 Å². The zero-order valence-corrected chi connectivity index (χ0v) is 12.0. The highest BCUT2D eigenvalue weighted by atomic mass is 79.9. The van der Waals surface area contributed by atoms with Gasteiger partial charge in [-0.15, -0.1) is 11.3 Å². The first-order chi connectivity index (χ1) is 7.61. The lowest BCUT2D eigenvalue weighted by molar-refractivity contribution is 0.889. The maximum atomic E-state index is 6.17. The zero-order valence-electron chi connectivity index (χ0n) is 8.08. The molecule has 0 fully saturated rings. The van der Waals surface area contributed by atoms with Crippen molar-refractivity contribution in [1.29, 1.82) is 0 Å². The molecule has 0 spiro atoms. The van der Waals surface area contributed by atoms with Crippen LogP contribution in [0.15, 0.2) is 34.1 Å². The molecular weight excluding hydrogens is 329 g/mol. The summed E-state index contributed by atoms with van der Waals surface area (Å²) in [5, 5.41) is 3.17. The summed E-state index contributed by atoms with van der Waals surface area (Å²) in [5.41, 5.74) is 6.95. The Morgan fingerprint density at radius 1 is 1.19 bits per heavy atom. The maximum absolute atomic E-state index is 6.17. The van der Waals surface area contributed by atoms with Crippen LogP contribution in [0.3, 0.4) is 0 Å². The van der Waals surface area contributed by atoms with E-state index in [1.54, 1.807) is 23.5 Å². The topological polar surface area (TPSA) is 26.0 Å². The summed E-state index contributed by atoms with van der Waals surface area (Å²) in [4.78, 5) is 1.02. The van der Waals surface area contributed by atoms with E-state index in [0.29, 0.717) is 10.0 Å². The minimum absolute atomic E-state index is 0.296. The van der Waals surface area contributed by atoms with E-state index in [4.69, 9.17) is 28.9 Å². The van der Waals surface area contributed by atoms with Crippen LogP contribution in [0.5, 0.6) is 0 Å². The molecule has 1 aromatic carbocycles. The van der Waals surface area contributed by atoms with Gasteiger partial charge in [-0.25, -0.2) is 0 Å². The van der Waals surface area contributed by atoms with Gasteiger partial charge in [0, 0.05) is 25.0 Å². The SMILES string of the molecule is NC(c1sccc1Br)c1c(Cl)cccc1Cl. The summed E-state index contributed by atoms with van der Waals surface area (Å²) >= 11 is 17.3. The molecule has 0 aliphatic heterocycles. The molecule has 1 unspecified atom stereocenters. The minimum Gasteiger partial charge on any atom is -0.319 e. The molecule has 0 bridgehead atoms. The molecule has 84 valence electrons. The molecule has 2 N–H and O–H groups in total. The quantitative estimate of drug-likeness (QED) is 0.832. The molecule has 16 heavy (non-hydrogen) atoms. The molecule has 0 saturated heterocycles. The van der Waals surface area contributed by atoms with Crippen LogP contribution in [-0.4, -0.2) is 0 Å². The molecule has 0 radical (unpaired) electrons. The third kappa shape index (κ3) is 2.29. The molecule has 0 amide bonds. The second-order valence-corrected chi connectivity index (χ2v) is 5.86. The van der Waals surface area contributed by atoms with Crippen molar-refractivity contribution in [3.05, 3.63) is 54.6 Å². The van der Waals surface area contributed by atoms with Crippen molar-refractivity contribution in [2.24, 2.45) is 5.73 Å². The van der Waals surface area contributed by atoms with Gasteiger partial charge in [-0.3, -0.25) is 0 Å². The first kappa shape index (κ1) is 12.4. The summed E-state index contributed by atoms with van der Waals surface area (Å²) < 4.78 is 0.987. The Bertz CT molecular complexity index is 492. The highest BCUT2D eigenvalue weighted by Crippen LogP contribution is 2.37. The lowest BCUT2D eigenvalue weighted by Gasteiger charge is -2.14. The van der Waals surface area contributed by atoms with E-state index in [2.05, 4.69) is 15.9 Å². The van der Waals surface area contributed by atoms with E-state index in [1.165, 1.54) is 0 Å². The van der Waals surface area contributed by atoms with Crippen LogP contribution in [0, 0.1) is 0 Å². The molecule has 1 nitrogen and oxygen atoms in total. The summed E-state index contributed by atoms with van der Waals surface area (Å²) in [6, 6.07) is 7.07. The van der Waals surface area contributed by atoms with Crippen LogP contribution in [0.25, 0.3) is 0 Å². The number of hydrogen-bond donors (Lipinski definition) is 1. The highest BCUT2D eigenvalue weighted by molar-refractivity contribution is 9.10. The average Bonchev–Trinajstić information content (AvgIpc) is 2.64. The number of benzene rings is 1. The number of rotatable bonds is 2. The van der Waals surface area contributed by atoms with Crippen molar-refractivity contribution in [3.63, 3.8) is 0 Å². The van der Waals surface area contributed by atoms with E-state index >= 15 is 0 Å². The number of halogens is 3. The summed E-state index contributed by atoms with van der Waals surface area (Å²) in [7, 11) is 0. The Kier molecular flexibility index (Phi) is 3.93. The standard InChI is InChI=1S/C11H8BrCl2NS/c12-6-4-5-16-11(6)10(15)9-7(13)2-1-3-8(9)14/h1-5,10H,15H2. The second-order valence-electron chi connectivity index (χ2n) is 3.25. The summed E-state index contributed by atoms with van der Waals surface area (Å²) in [5.74, 6) is 0. The monoisotopic (exact) mass is 335 g/mol. The van der Waals surface area contributed by atoms with Crippen molar-refractivity contribution >= 4 is 50.5 Å². The summed E-state index contributed by atoms with van der Waals surface area (Å²) in [6.07, 6.45) is 0. The number of nitrogens with two attached hydrogens (primary N) is 1. The van der Waals surface area contributed by atoms with Gasteiger partial charge in [0.25, 0.3) is 0 Å². The Morgan fingerprint density at radius 3 is 2.31 bits per heavy atom. The fourth-order valence-electron chi connectivity index (χ4n) is 1.47. The molecule has 1 atom stereocenters. The minimum atomic E-state index is -0.296. The van der Waals surface area contributed by atoms with Gasteiger partial charge < -0.3 is 5.73 Å². The Morgan fingerprint density at radius 2 is 1.81 bits per heavy atom. The Hall–Kier alpha value is -0.0600. The summed E-state index contributed by atoms with van der Waals surface area (Å²) in [6.45, 7) is 0. The van der Waals surface area contributed by atoms with E-state index in [1.807, 2.05) is 17.5 Å². The van der Waals surface area contributed by atoms with E-state index < -0.39 is 0 Å². The zero-order chi connectivity index (χ0) is 11.7. The smallest absolute Gasteiger partial charge is 0.0686 e. The number of thiophene rings is 1. The van der Waals surface area contributed by atoms with Gasteiger partial charge in [0.15, 0.2) is 0 Å². The Labute approximate surface area is 116 Å². The van der Waals surface area contributed by atoms with Gasteiger partial charge in [-0.2, -0.15) is 0 Å². The fourth-order valence-corrected chi connectivity index (χ4v) is 3.73. The van der Waals surface area contributed by atoms with E-state index in [0.717, 1.165) is 14.9 Å².